The second-order valence-electron chi connectivity index (χ2n) is 5.70. The van der Waals surface area contributed by atoms with Crippen LogP contribution in [0, 0.1) is 0 Å². The van der Waals surface area contributed by atoms with Crippen molar-refractivity contribution in [3.63, 3.8) is 0 Å². The number of fused-ring (bicyclic) bond motifs is 1. The fourth-order valence-corrected chi connectivity index (χ4v) is 3.88. The van der Waals surface area contributed by atoms with Crippen molar-refractivity contribution in [1.82, 2.24) is 10.2 Å². The zero-order valence-electron chi connectivity index (χ0n) is 13.6. The first kappa shape index (κ1) is 16.7. The van der Waals surface area contributed by atoms with Gasteiger partial charge in [0.2, 0.25) is 5.91 Å². The summed E-state index contributed by atoms with van der Waals surface area (Å²) in [6, 6.07) is 11.8. The highest BCUT2D eigenvalue weighted by Crippen LogP contribution is 2.33. The molecule has 2 aromatic rings. The van der Waals surface area contributed by atoms with Crippen molar-refractivity contribution >= 4 is 17.2 Å². The fraction of sp³-hybridized carbons (Fsp3) is 0.316. The van der Waals surface area contributed by atoms with Crippen molar-refractivity contribution in [1.29, 1.82) is 0 Å². The lowest BCUT2D eigenvalue weighted by atomic mass is 10.0. The molecule has 1 aromatic carbocycles. The molecular weight excluding hydrogens is 320 g/mol. The molecule has 24 heavy (non-hydrogen) atoms. The number of nitrogens with zero attached hydrogens (tertiary/aromatic N) is 1. The number of thiophene rings is 1. The van der Waals surface area contributed by atoms with Crippen LogP contribution in [0.1, 0.15) is 16.5 Å². The van der Waals surface area contributed by atoms with Gasteiger partial charge in [0, 0.05) is 18.0 Å². The summed E-state index contributed by atoms with van der Waals surface area (Å²) in [5.74, 6) is 0.937. The summed E-state index contributed by atoms with van der Waals surface area (Å²) in [5.41, 5.74) is 1.22. The number of amides is 1. The van der Waals surface area contributed by atoms with E-state index in [-0.39, 0.29) is 11.9 Å². The van der Waals surface area contributed by atoms with E-state index in [1.165, 1.54) is 10.4 Å². The number of hydrogen-bond donors (Lipinski definition) is 1. The molecule has 0 aliphatic carbocycles. The van der Waals surface area contributed by atoms with E-state index in [1.54, 1.807) is 17.4 Å². The average Bonchev–Trinajstić information content (AvgIpc) is 3.09. The predicted molar refractivity (Wildman–Crippen MR) is 97.5 cm³/mol. The number of carbonyl (C=O) groups is 1. The Morgan fingerprint density at radius 2 is 2.21 bits per heavy atom. The van der Waals surface area contributed by atoms with Crippen LogP contribution in [0.15, 0.2) is 54.4 Å². The van der Waals surface area contributed by atoms with Gasteiger partial charge >= 0.3 is 0 Å². The molecule has 0 spiro atoms. The molecule has 5 heteroatoms. The highest BCUT2D eigenvalue weighted by atomic mass is 32.1. The quantitative estimate of drug-likeness (QED) is 0.621. The Balaban J connectivity index is 1.72. The lowest BCUT2D eigenvalue weighted by Crippen LogP contribution is -2.45. The van der Waals surface area contributed by atoms with E-state index >= 15 is 0 Å². The first-order valence-electron chi connectivity index (χ1n) is 8.15. The van der Waals surface area contributed by atoms with E-state index in [1.807, 2.05) is 35.2 Å². The molecule has 2 heterocycles. The van der Waals surface area contributed by atoms with E-state index in [0.29, 0.717) is 19.7 Å². The highest BCUT2D eigenvalue weighted by molar-refractivity contribution is 7.10. The summed E-state index contributed by atoms with van der Waals surface area (Å²) >= 11 is 1.76. The molecule has 1 aliphatic heterocycles. The van der Waals surface area contributed by atoms with Crippen LogP contribution in [0.4, 0.5) is 0 Å². The second-order valence-corrected chi connectivity index (χ2v) is 6.70. The molecule has 0 saturated heterocycles. The molecule has 0 radical (unpaired) electrons. The Bertz CT molecular complexity index is 684. The van der Waals surface area contributed by atoms with Crippen LogP contribution < -0.4 is 10.1 Å². The van der Waals surface area contributed by atoms with Crippen molar-refractivity contribution in [2.45, 2.75) is 12.5 Å². The number of benzene rings is 1. The highest BCUT2D eigenvalue weighted by Gasteiger charge is 2.31. The summed E-state index contributed by atoms with van der Waals surface area (Å²) < 4.78 is 5.95. The van der Waals surface area contributed by atoms with Crippen LogP contribution in [0.3, 0.4) is 0 Å². The molecule has 0 fully saturated rings. The van der Waals surface area contributed by atoms with Crippen LogP contribution in [0.2, 0.25) is 0 Å². The van der Waals surface area contributed by atoms with E-state index in [9.17, 15) is 4.79 Å². The summed E-state index contributed by atoms with van der Waals surface area (Å²) in [4.78, 5) is 15.9. The topological polar surface area (TPSA) is 41.6 Å². The first-order chi connectivity index (χ1) is 11.8. The zero-order chi connectivity index (χ0) is 16.8. The number of carbonyl (C=O) groups excluding carboxylic acids is 1. The first-order valence-corrected chi connectivity index (χ1v) is 9.02. The van der Waals surface area contributed by atoms with Crippen molar-refractivity contribution in [2.24, 2.45) is 0 Å². The van der Waals surface area contributed by atoms with Crippen molar-refractivity contribution in [3.8, 4) is 5.75 Å². The van der Waals surface area contributed by atoms with Gasteiger partial charge in [0.25, 0.3) is 0 Å². The predicted octanol–water partition coefficient (Wildman–Crippen LogP) is 3.03. The average molecular weight is 342 g/mol. The molecule has 0 saturated carbocycles. The Kier molecular flexibility index (Phi) is 5.67. The molecule has 4 nitrogen and oxygen atoms in total. The SMILES string of the molecule is C=CCNCC(=O)N1CCc2sccc2C1COc1ccccc1. The van der Waals surface area contributed by atoms with Gasteiger partial charge in [-0.3, -0.25) is 4.79 Å². The Morgan fingerprint density at radius 3 is 3.00 bits per heavy atom. The molecule has 1 aliphatic rings. The van der Waals surface area contributed by atoms with Gasteiger partial charge in [-0.25, -0.2) is 0 Å². The Morgan fingerprint density at radius 1 is 1.38 bits per heavy atom. The molecule has 1 aromatic heterocycles. The smallest absolute Gasteiger partial charge is 0.237 e. The van der Waals surface area contributed by atoms with Gasteiger partial charge in [-0.15, -0.1) is 17.9 Å². The van der Waals surface area contributed by atoms with Gasteiger partial charge in [-0.1, -0.05) is 24.3 Å². The summed E-state index contributed by atoms with van der Waals surface area (Å²) in [6.45, 7) is 5.84. The van der Waals surface area contributed by atoms with Crippen LogP contribution in [0.5, 0.6) is 5.75 Å². The van der Waals surface area contributed by atoms with Gasteiger partial charge in [0.1, 0.15) is 12.4 Å². The van der Waals surface area contributed by atoms with Gasteiger partial charge in [-0.2, -0.15) is 0 Å². The molecule has 1 unspecified atom stereocenters. The monoisotopic (exact) mass is 342 g/mol. The number of para-hydroxylation sites is 1. The van der Waals surface area contributed by atoms with E-state index in [4.69, 9.17) is 4.74 Å². The van der Waals surface area contributed by atoms with Crippen molar-refractivity contribution in [3.05, 3.63) is 64.9 Å². The maximum Gasteiger partial charge on any atom is 0.237 e. The van der Waals surface area contributed by atoms with Gasteiger partial charge < -0.3 is 15.0 Å². The zero-order valence-corrected chi connectivity index (χ0v) is 14.4. The van der Waals surface area contributed by atoms with E-state index in [0.717, 1.165) is 18.7 Å². The lowest BCUT2D eigenvalue weighted by Gasteiger charge is -2.36. The van der Waals surface area contributed by atoms with Gasteiger partial charge in [0.05, 0.1) is 12.6 Å². The summed E-state index contributed by atoms with van der Waals surface area (Å²) in [7, 11) is 0. The van der Waals surface area contributed by atoms with Gasteiger partial charge in [-0.05, 0) is 35.6 Å². The number of hydrogen-bond acceptors (Lipinski definition) is 4. The minimum Gasteiger partial charge on any atom is -0.491 e. The number of ether oxygens (including phenoxy) is 1. The minimum absolute atomic E-state index is 0.0294. The Labute approximate surface area is 146 Å². The molecule has 1 amide bonds. The third-order valence-electron chi connectivity index (χ3n) is 4.13. The van der Waals surface area contributed by atoms with E-state index in [2.05, 4.69) is 23.3 Å². The number of rotatable bonds is 7. The molecule has 1 N–H and O–H groups in total. The molecule has 0 bridgehead atoms. The third-order valence-corrected chi connectivity index (χ3v) is 5.13. The van der Waals surface area contributed by atoms with Crippen LogP contribution >= 0.6 is 11.3 Å². The van der Waals surface area contributed by atoms with E-state index < -0.39 is 0 Å². The minimum atomic E-state index is -0.0294. The summed E-state index contributed by atoms with van der Waals surface area (Å²) in [5, 5.41) is 5.20. The van der Waals surface area contributed by atoms with Crippen LogP contribution in [0.25, 0.3) is 0 Å². The molecular formula is C19H22N2O2S. The normalized spacial score (nSPS) is 16.5. The maximum atomic E-state index is 12.6. The molecule has 3 rings (SSSR count). The standard InChI is InChI=1S/C19H22N2O2S/c1-2-10-20-13-19(22)21-11-8-18-16(9-12-24-18)17(21)14-23-15-6-4-3-5-7-15/h2-7,9,12,17,20H,1,8,10-11,13-14H2. The van der Waals surface area contributed by atoms with Crippen molar-refractivity contribution in [2.75, 3.05) is 26.2 Å². The second kappa shape index (κ2) is 8.13. The number of nitrogens with one attached hydrogen (secondary N) is 1. The van der Waals surface area contributed by atoms with Crippen LogP contribution in [-0.4, -0.2) is 37.0 Å². The fourth-order valence-electron chi connectivity index (χ4n) is 2.95. The van der Waals surface area contributed by atoms with Crippen molar-refractivity contribution < 1.29 is 9.53 Å². The van der Waals surface area contributed by atoms with Gasteiger partial charge in [0.15, 0.2) is 0 Å². The van der Waals surface area contributed by atoms with Crippen LogP contribution in [-0.2, 0) is 11.2 Å². The lowest BCUT2D eigenvalue weighted by molar-refractivity contribution is -0.133. The maximum absolute atomic E-state index is 12.6. The third kappa shape index (κ3) is 3.86. The Hall–Kier alpha value is -2.11. The molecule has 126 valence electrons. The largest absolute Gasteiger partial charge is 0.491 e. The molecule has 1 atom stereocenters. The summed E-state index contributed by atoms with van der Waals surface area (Å²) in [6.07, 6.45) is 2.68.